The molecule has 0 amide bonds. The van der Waals surface area contributed by atoms with Crippen molar-refractivity contribution in [2.75, 3.05) is 0 Å². The summed E-state index contributed by atoms with van der Waals surface area (Å²) in [6.07, 6.45) is 15.5. The highest BCUT2D eigenvalue weighted by molar-refractivity contribution is 5.84. The summed E-state index contributed by atoms with van der Waals surface area (Å²) in [6.45, 7) is 13.4. The van der Waals surface area contributed by atoms with Gasteiger partial charge in [0.25, 0.3) is 0 Å². The van der Waals surface area contributed by atoms with Crippen molar-refractivity contribution in [1.82, 2.24) is 0 Å². The number of rotatable bonds is 5. The van der Waals surface area contributed by atoms with Gasteiger partial charge in [-0.2, -0.15) is 0 Å². The van der Waals surface area contributed by atoms with Crippen LogP contribution in [0.2, 0.25) is 0 Å². The summed E-state index contributed by atoms with van der Waals surface area (Å²) in [7, 11) is 0. The van der Waals surface area contributed by atoms with Crippen molar-refractivity contribution in [2.45, 2.75) is 155 Å². The highest BCUT2D eigenvalue weighted by atomic mass is 16.5. The van der Waals surface area contributed by atoms with Crippen LogP contribution in [0.3, 0.4) is 0 Å². The van der Waals surface area contributed by atoms with Gasteiger partial charge in [0.15, 0.2) is 0 Å². The van der Waals surface area contributed by atoms with E-state index in [1.807, 2.05) is 0 Å². The first-order valence-corrected chi connectivity index (χ1v) is 16.3. The molecule has 1 heterocycles. The van der Waals surface area contributed by atoms with Gasteiger partial charge in [0.2, 0.25) is 0 Å². The van der Waals surface area contributed by atoms with Gasteiger partial charge < -0.3 is 9.47 Å². The monoisotopic (exact) mass is 528 g/mol. The number of Topliss-reactive ketones (excluding diaryl/α,β-unsaturated/α-hetero) is 2. The molecule has 0 N–H and O–H groups in total. The summed E-state index contributed by atoms with van der Waals surface area (Å²) < 4.78 is 13.0. The Bertz CT molecular complexity index is 834. The average molecular weight is 529 g/mol. The Labute approximate surface area is 232 Å². The van der Waals surface area contributed by atoms with Gasteiger partial charge in [0, 0.05) is 23.7 Å². The van der Waals surface area contributed by atoms with E-state index in [0.717, 1.165) is 76.5 Å². The molecule has 1 aliphatic heterocycles. The first kappa shape index (κ1) is 28.8. The predicted molar refractivity (Wildman–Crippen MR) is 152 cm³/mol. The van der Waals surface area contributed by atoms with Crippen molar-refractivity contribution < 1.29 is 19.1 Å². The van der Waals surface area contributed by atoms with Gasteiger partial charge in [-0.15, -0.1) is 0 Å². The number of ether oxygens (including phenoxy) is 2. The minimum atomic E-state index is -0.114. The third-order valence-corrected chi connectivity index (χ3v) is 11.3. The lowest BCUT2D eigenvalue weighted by atomic mass is 9.63. The molecule has 0 aromatic rings. The molecule has 4 aliphatic carbocycles. The Morgan fingerprint density at radius 3 is 1.89 bits per heavy atom. The van der Waals surface area contributed by atoms with E-state index in [1.165, 1.54) is 19.3 Å². The average Bonchev–Trinajstić information content (AvgIpc) is 3.25. The molecule has 6 atom stereocenters. The lowest BCUT2D eigenvalue weighted by Crippen LogP contribution is -2.42. The predicted octanol–water partition coefficient (Wildman–Crippen LogP) is 7.95. The van der Waals surface area contributed by atoms with Crippen molar-refractivity contribution in [2.24, 2.45) is 46.8 Å². The summed E-state index contributed by atoms with van der Waals surface area (Å²) in [5.74, 6) is 3.54. The molecule has 5 rings (SSSR count). The van der Waals surface area contributed by atoms with Crippen LogP contribution in [0.25, 0.3) is 0 Å². The smallest absolute Gasteiger partial charge is 0.141 e. The van der Waals surface area contributed by atoms with Crippen LogP contribution in [0.5, 0.6) is 0 Å². The normalized spacial score (nSPS) is 42.3. The fourth-order valence-electron chi connectivity index (χ4n) is 9.26. The van der Waals surface area contributed by atoms with Crippen molar-refractivity contribution in [3.8, 4) is 0 Å². The lowest BCUT2D eigenvalue weighted by Gasteiger charge is -2.39. The van der Waals surface area contributed by atoms with Crippen molar-refractivity contribution in [3.05, 3.63) is 0 Å². The molecule has 4 nitrogen and oxygen atoms in total. The van der Waals surface area contributed by atoms with E-state index in [-0.39, 0.29) is 41.5 Å². The zero-order valence-corrected chi connectivity index (χ0v) is 25.3. The van der Waals surface area contributed by atoms with Crippen molar-refractivity contribution >= 4 is 11.6 Å². The highest BCUT2D eigenvalue weighted by Crippen LogP contribution is 2.52. The molecule has 4 saturated carbocycles. The summed E-state index contributed by atoms with van der Waals surface area (Å²) in [5.41, 5.74) is 0.244. The molecular weight excluding hydrogens is 472 g/mol. The van der Waals surface area contributed by atoms with Crippen LogP contribution in [0.15, 0.2) is 0 Å². The molecule has 0 aromatic heterocycles. The summed E-state index contributed by atoms with van der Waals surface area (Å²) in [4.78, 5) is 27.4. The minimum Gasteiger partial charge on any atom is -0.374 e. The third-order valence-electron chi connectivity index (χ3n) is 11.3. The Balaban J connectivity index is 1.16. The van der Waals surface area contributed by atoms with Gasteiger partial charge >= 0.3 is 0 Å². The second-order valence-electron chi connectivity index (χ2n) is 15.9. The van der Waals surface area contributed by atoms with Gasteiger partial charge in [-0.1, -0.05) is 27.2 Å². The van der Waals surface area contributed by atoms with E-state index >= 15 is 0 Å². The molecule has 5 aliphatic rings. The van der Waals surface area contributed by atoms with E-state index in [1.54, 1.807) is 0 Å². The van der Waals surface area contributed by atoms with E-state index < -0.39 is 0 Å². The van der Waals surface area contributed by atoms with Crippen LogP contribution in [0, 0.1) is 46.8 Å². The van der Waals surface area contributed by atoms with Crippen LogP contribution in [0.4, 0.5) is 0 Å². The molecule has 216 valence electrons. The van der Waals surface area contributed by atoms with Crippen molar-refractivity contribution in [3.63, 3.8) is 0 Å². The zero-order valence-electron chi connectivity index (χ0n) is 25.3. The van der Waals surface area contributed by atoms with Gasteiger partial charge in [-0.25, -0.2) is 0 Å². The van der Waals surface area contributed by atoms with Crippen LogP contribution >= 0.6 is 0 Å². The van der Waals surface area contributed by atoms with Crippen LogP contribution in [-0.2, 0) is 19.1 Å². The first-order chi connectivity index (χ1) is 17.9. The summed E-state index contributed by atoms with van der Waals surface area (Å²) >= 11 is 0. The van der Waals surface area contributed by atoms with Crippen LogP contribution in [0.1, 0.15) is 131 Å². The maximum absolute atomic E-state index is 13.8. The van der Waals surface area contributed by atoms with Gasteiger partial charge in [0.1, 0.15) is 11.6 Å². The highest BCUT2D eigenvalue weighted by Gasteiger charge is 2.54. The lowest BCUT2D eigenvalue weighted by molar-refractivity contribution is -0.138. The number of carbonyl (C=O) groups is 2. The Hall–Kier alpha value is -0.740. The number of fused-ring (bicyclic) bond motifs is 3. The van der Waals surface area contributed by atoms with Crippen molar-refractivity contribution in [1.29, 1.82) is 0 Å². The molecule has 38 heavy (non-hydrogen) atoms. The van der Waals surface area contributed by atoms with Gasteiger partial charge in [0.05, 0.1) is 23.9 Å². The van der Waals surface area contributed by atoms with Crippen LogP contribution < -0.4 is 0 Å². The number of ketones is 2. The fourth-order valence-corrected chi connectivity index (χ4v) is 9.26. The molecular formula is C34H56O4. The molecule has 0 spiro atoms. The molecule has 1 saturated heterocycles. The van der Waals surface area contributed by atoms with E-state index in [4.69, 9.17) is 9.47 Å². The van der Waals surface area contributed by atoms with E-state index in [0.29, 0.717) is 34.9 Å². The van der Waals surface area contributed by atoms with Gasteiger partial charge in [-0.05, 0) is 127 Å². The number of hydrogen-bond acceptors (Lipinski definition) is 4. The number of hydrogen-bond donors (Lipinski definition) is 0. The maximum Gasteiger partial charge on any atom is 0.141 e. The van der Waals surface area contributed by atoms with Crippen LogP contribution in [-0.4, -0.2) is 35.5 Å². The maximum atomic E-state index is 13.8. The Kier molecular flexibility index (Phi) is 8.53. The molecule has 4 heteroatoms. The molecule has 5 fully saturated rings. The van der Waals surface area contributed by atoms with E-state index in [2.05, 4.69) is 41.5 Å². The molecule has 0 bridgehead atoms. The SMILES string of the molecule is CC(C)(C)OC1CCC(C(=O)C2CCCC3C4CC(C(=O)C5CCC(C(C)(C)C)CC5)CCC4OC23)CC1. The fraction of sp³-hybridized carbons (Fsp3) is 0.941. The van der Waals surface area contributed by atoms with E-state index in [9.17, 15) is 9.59 Å². The minimum absolute atomic E-state index is 0.0752. The quantitative estimate of drug-likeness (QED) is 0.363. The topological polar surface area (TPSA) is 52.6 Å². The summed E-state index contributed by atoms with van der Waals surface area (Å²) in [6, 6.07) is 0. The third kappa shape index (κ3) is 6.27. The molecule has 6 unspecified atom stereocenters. The molecule has 0 aromatic carbocycles. The zero-order chi connectivity index (χ0) is 27.2. The first-order valence-electron chi connectivity index (χ1n) is 16.3. The largest absolute Gasteiger partial charge is 0.374 e. The Morgan fingerprint density at radius 2 is 1.26 bits per heavy atom. The Morgan fingerprint density at radius 1 is 0.658 bits per heavy atom. The van der Waals surface area contributed by atoms with Gasteiger partial charge in [-0.3, -0.25) is 9.59 Å². The second-order valence-corrected chi connectivity index (χ2v) is 15.9. The summed E-state index contributed by atoms with van der Waals surface area (Å²) in [5, 5.41) is 0. The number of carbonyl (C=O) groups excluding carboxylic acids is 2. The second kappa shape index (κ2) is 11.3. The molecule has 0 radical (unpaired) electrons. The standard InChI is InChI=1S/C34H56O4/c1-33(2,3)24-15-10-21(11-16-24)30(35)23-14-19-29-28(20-23)26-8-7-9-27(32(26)37-29)31(36)22-12-17-25(18-13-22)38-34(4,5)6/h21-29,32H,7-20H2,1-6H3.